The van der Waals surface area contributed by atoms with Crippen molar-refractivity contribution in [3.8, 4) is 0 Å². The van der Waals surface area contributed by atoms with Gasteiger partial charge in [-0.05, 0) is 63.0 Å². The van der Waals surface area contributed by atoms with E-state index < -0.39 is 0 Å². The summed E-state index contributed by atoms with van der Waals surface area (Å²) in [5, 5.41) is 0. The van der Waals surface area contributed by atoms with E-state index in [2.05, 4.69) is 13.8 Å². The molecule has 1 heterocycles. The quantitative estimate of drug-likeness (QED) is 0.925. The van der Waals surface area contributed by atoms with Gasteiger partial charge in [-0.3, -0.25) is 0 Å². The smallest absolute Gasteiger partial charge is 0.131 e. The van der Waals surface area contributed by atoms with Gasteiger partial charge in [-0.2, -0.15) is 0 Å². The van der Waals surface area contributed by atoms with Crippen molar-refractivity contribution in [3.05, 3.63) is 22.8 Å². The van der Waals surface area contributed by atoms with E-state index in [0.717, 1.165) is 31.1 Å². The predicted molar refractivity (Wildman–Crippen MR) is 86.3 cm³/mol. The molecule has 3 unspecified atom stereocenters. The van der Waals surface area contributed by atoms with Gasteiger partial charge in [0.2, 0.25) is 0 Å². The van der Waals surface area contributed by atoms with Crippen LogP contribution < -0.4 is 5.73 Å². The van der Waals surface area contributed by atoms with Crippen LogP contribution in [0.15, 0.2) is 0 Å². The van der Waals surface area contributed by atoms with Crippen LogP contribution in [0.4, 0.5) is 0 Å². The molecule has 116 valence electrons. The van der Waals surface area contributed by atoms with Crippen molar-refractivity contribution in [1.29, 1.82) is 0 Å². The second kappa shape index (κ2) is 6.43. The Morgan fingerprint density at radius 3 is 2.76 bits per heavy atom. The molecule has 0 aliphatic heterocycles. The van der Waals surface area contributed by atoms with E-state index in [1.54, 1.807) is 0 Å². The van der Waals surface area contributed by atoms with Crippen LogP contribution in [0.3, 0.4) is 0 Å². The molecule has 0 amide bonds. The minimum absolute atomic E-state index is 0.597. The lowest BCUT2D eigenvalue weighted by Gasteiger charge is -2.29. The van der Waals surface area contributed by atoms with Crippen LogP contribution in [0.2, 0.25) is 0 Å². The molecular formula is C18H29N3. The molecule has 2 N–H and O–H groups in total. The number of aryl methyl sites for hydroxylation is 2. The molecular weight excluding hydrogens is 258 g/mol. The summed E-state index contributed by atoms with van der Waals surface area (Å²) in [6.45, 7) is 5.28. The molecule has 0 bridgehead atoms. The summed E-state index contributed by atoms with van der Waals surface area (Å²) < 4.78 is 0. The zero-order valence-electron chi connectivity index (χ0n) is 13.6. The van der Waals surface area contributed by atoms with E-state index in [1.165, 1.54) is 55.5 Å². The lowest BCUT2D eigenvalue weighted by atomic mass is 9.79. The van der Waals surface area contributed by atoms with Gasteiger partial charge in [0.15, 0.2) is 0 Å². The molecule has 0 radical (unpaired) electrons. The highest BCUT2D eigenvalue weighted by molar-refractivity contribution is 5.29. The molecule has 0 aromatic carbocycles. The van der Waals surface area contributed by atoms with E-state index in [1.807, 2.05) is 0 Å². The second-order valence-corrected chi connectivity index (χ2v) is 7.07. The van der Waals surface area contributed by atoms with Gasteiger partial charge in [-0.1, -0.05) is 26.2 Å². The summed E-state index contributed by atoms with van der Waals surface area (Å²) in [6, 6.07) is 0. The average Bonchev–Trinajstić information content (AvgIpc) is 2.54. The summed E-state index contributed by atoms with van der Waals surface area (Å²) in [6.07, 6.45) is 9.99. The third-order valence-electron chi connectivity index (χ3n) is 5.66. The van der Waals surface area contributed by atoms with Gasteiger partial charge in [0, 0.05) is 17.3 Å². The van der Waals surface area contributed by atoms with Crippen molar-refractivity contribution in [2.45, 2.75) is 71.1 Å². The summed E-state index contributed by atoms with van der Waals surface area (Å²) >= 11 is 0. The number of rotatable bonds is 3. The fourth-order valence-corrected chi connectivity index (χ4v) is 4.16. The largest absolute Gasteiger partial charge is 0.330 e. The van der Waals surface area contributed by atoms with Crippen LogP contribution in [0.1, 0.15) is 74.1 Å². The molecule has 0 spiro atoms. The van der Waals surface area contributed by atoms with Gasteiger partial charge in [0.25, 0.3) is 0 Å². The molecule has 1 saturated carbocycles. The maximum atomic E-state index is 5.85. The van der Waals surface area contributed by atoms with E-state index in [9.17, 15) is 0 Å². The molecule has 21 heavy (non-hydrogen) atoms. The standard InChI is InChI=1S/C18H29N3/c1-3-13-5-4-6-15(9-13)18-20-12(2)16-10-14(11-19)7-8-17(16)21-18/h13-15H,3-11,19H2,1-2H3. The number of aromatic nitrogens is 2. The number of hydrogen-bond donors (Lipinski definition) is 1. The Kier molecular flexibility index (Phi) is 4.58. The molecule has 3 atom stereocenters. The third-order valence-corrected chi connectivity index (χ3v) is 5.66. The van der Waals surface area contributed by atoms with Gasteiger partial charge in [-0.15, -0.1) is 0 Å². The van der Waals surface area contributed by atoms with Crippen LogP contribution in [0.5, 0.6) is 0 Å². The Morgan fingerprint density at radius 1 is 1.14 bits per heavy atom. The molecule has 0 saturated heterocycles. The molecule has 2 aliphatic rings. The van der Waals surface area contributed by atoms with Crippen LogP contribution in [-0.2, 0) is 12.8 Å². The highest BCUT2D eigenvalue weighted by Crippen LogP contribution is 2.37. The van der Waals surface area contributed by atoms with E-state index >= 15 is 0 Å². The molecule has 1 aromatic rings. The van der Waals surface area contributed by atoms with E-state index in [4.69, 9.17) is 15.7 Å². The fourth-order valence-electron chi connectivity index (χ4n) is 4.16. The van der Waals surface area contributed by atoms with Gasteiger partial charge in [-0.25, -0.2) is 9.97 Å². The van der Waals surface area contributed by atoms with Gasteiger partial charge >= 0.3 is 0 Å². The fraction of sp³-hybridized carbons (Fsp3) is 0.778. The Labute approximate surface area is 128 Å². The first-order chi connectivity index (χ1) is 10.2. The highest BCUT2D eigenvalue weighted by atomic mass is 14.9. The van der Waals surface area contributed by atoms with Crippen LogP contribution in [0.25, 0.3) is 0 Å². The number of fused-ring (bicyclic) bond motifs is 1. The van der Waals surface area contributed by atoms with Crippen LogP contribution in [-0.4, -0.2) is 16.5 Å². The van der Waals surface area contributed by atoms with Crippen LogP contribution >= 0.6 is 0 Å². The Bertz CT molecular complexity index is 497. The molecule has 3 nitrogen and oxygen atoms in total. The van der Waals surface area contributed by atoms with Crippen molar-refractivity contribution in [1.82, 2.24) is 9.97 Å². The zero-order valence-corrected chi connectivity index (χ0v) is 13.6. The first kappa shape index (κ1) is 15.0. The SMILES string of the molecule is CCC1CCCC(c2nc(C)c3c(n2)CCC(CN)C3)C1. The summed E-state index contributed by atoms with van der Waals surface area (Å²) in [7, 11) is 0. The first-order valence-electron chi connectivity index (χ1n) is 8.77. The normalized spacial score (nSPS) is 29.2. The Hall–Kier alpha value is -0.960. The number of nitrogens with zero attached hydrogens (tertiary/aromatic N) is 2. The molecule has 2 aliphatic carbocycles. The zero-order chi connectivity index (χ0) is 14.8. The van der Waals surface area contributed by atoms with Gasteiger partial charge < -0.3 is 5.73 Å². The van der Waals surface area contributed by atoms with Crippen molar-refractivity contribution in [3.63, 3.8) is 0 Å². The van der Waals surface area contributed by atoms with Gasteiger partial charge in [0.05, 0.1) is 0 Å². The number of nitrogens with two attached hydrogens (primary N) is 1. The lowest BCUT2D eigenvalue weighted by molar-refractivity contribution is 0.306. The molecule has 1 aromatic heterocycles. The lowest BCUT2D eigenvalue weighted by Crippen LogP contribution is -2.25. The third kappa shape index (κ3) is 3.13. The van der Waals surface area contributed by atoms with Crippen molar-refractivity contribution < 1.29 is 0 Å². The van der Waals surface area contributed by atoms with Crippen LogP contribution in [0, 0.1) is 18.8 Å². The van der Waals surface area contributed by atoms with E-state index in [0.29, 0.717) is 11.8 Å². The predicted octanol–water partition coefficient (Wildman–Crippen LogP) is 3.53. The van der Waals surface area contributed by atoms with E-state index in [-0.39, 0.29) is 0 Å². The minimum Gasteiger partial charge on any atom is -0.330 e. The highest BCUT2D eigenvalue weighted by Gasteiger charge is 2.27. The van der Waals surface area contributed by atoms with Crippen molar-refractivity contribution >= 4 is 0 Å². The molecule has 3 rings (SSSR count). The molecule has 3 heteroatoms. The summed E-state index contributed by atoms with van der Waals surface area (Å²) in [4.78, 5) is 9.88. The van der Waals surface area contributed by atoms with Gasteiger partial charge in [0.1, 0.15) is 5.82 Å². The first-order valence-corrected chi connectivity index (χ1v) is 8.77. The monoisotopic (exact) mass is 287 g/mol. The molecule has 1 fully saturated rings. The van der Waals surface area contributed by atoms with Crippen molar-refractivity contribution in [2.24, 2.45) is 17.6 Å². The Morgan fingerprint density at radius 2 is 2.00 bits per heavy atom. The van der Waals surface area contributed by atoms with Crippen molar-refractivity contribution in [2.75, 3.05) is 6.54 Å². The number of hydrogen-bond acceptors (Lipinski definition) is 3. The summed E-state index contributed by atoms with van der Waals surface area (Å²) in [5.74, 6) is 3.24. The maximum Gasteiger partial charge on any atom is 0.131 e. The summed E-state index contributed by atoms with van der Waals surface area (Å²) in [5.41, 5.74) is 9.77. The second-order valence-electron chi connectivity index (χ2n) is 7.07. The average molecular weight is 287 g/mol. The topological polar surface area (TPSA) is 51.8 Å². The minimum atomic E-state index is 0.597. The maximum absolute atomic E-state index is 5.85. The Balaban J connectivity index is 1.83.